The maximum atomic E-state index is 11.9. The van der Waals surface area contributed by atoms with E-state index < -0.39 is 0 Å². The van der Waals surface area contributed by atoms with E-state index in [9.17, 15) is 4.79 Å². The fourth-order valence-corrected chi connectivity index (χ4v) is 7.78. The minimum absolute atomic E-state index is 0.112. The van der Waals surface area contributed by atoms with Crippen LogP contribution in [-0.2, 0) is 0 Å². The molecule has 1 N–H and O–H groups in total. The largest absolute Gasteiger partial charge is 0.307 e. The maximum Gasteiger partial charge on any atom is 0.305 e. The molecule has 0 saturated heterocycles. The molecule has 2 aliphatic carbocycles. The lowest BCUT2D eigenvalue weighted by Gasteiger charge is -2.40. The van der Waals surface area contributed by atoms with Gasteiger partial charge in [0.2, 0.25) is 0 Å². The number of thiazole rings is 1. The van der Waals surface area contributed by atoms with E-state index in [-0.39, 0.29) is 4.87 Å². The Morgan fingerprint density at radius 3 is 2.76 bits per heavy atom. The van der Waals surface area contributed by atoms with Crippen LogP contribution in [0.2, 0.25) is 0 Å². The standard InChI is InChI=1S/C17H17NOS2/c19-17-18-16-15(21-17)12(9-4-2-1-3-5-9)13-10-6-7-11(8-10)14(13)20-16/h1-5,10-14H,6-8H2,(H,18,19)/t10-,11-,12+,13+,14+/m0/s1. The van der Waals surface area contributed by atoms with Crippen molar-refractivity contribution in [1.82, 2.24) is 4.98 Å². The highest BCUT2D eigenvalue weighted by atomic mass is 32.2. The first-order valence-electron chi connectivity index (χ1n) is 7.76. The van der Waals surface area contributed by atoms with Gasteiger partial charge in [0.05, 0.1) is 5.03 Å². The molecule has 1 aliphatic heterocycles. The van der Waals surface area contributed by atoms with E-state index in [1.54, 1.807) is 0 Å². The predicted molar refractivity (Wildman–Crippen MR) is 87.2 cm³/mol. The van der Waals surface area contributed by atoms with Crippen LogP contribution in [0.4, 0.5) is 0 Å². The highest BCUT2D eigenvalue weighted by Crippen LogP contribution is 2.63. The van der Waals surface area contributed by atoms with Crippen molar-refractivity contribution < 1.29 is 0 Å². The zero-order valence-electron chi connectivity index (χ0n) is 11.6. The Labute approximate surface area is 132 Å². The van der Waals surface area contributed by atoms with Crippen LogP contribution in [0.5, 0.6) is 0 Å². The van der Waals surface area contributed by atoms with Crippen molar-refractivity contribution in [2.24, 2.45) is 17.8 Å². The summed E-state index contributed by atoms with van der Waals surface area (Å²) >= 11 is 3.40. The average Bonchev–Trinajstić information content (AvgIpc) is 3.18. The second kappa shape index (κ2) is 4.50. The molecule has 2 fully saturated rings. The zero-order chi connectivity index (χ0) is 14.0. The minimum Gasteiger partial charge on any atom is -0.307 e. The molecular formula is C17H17NOS2. The number of H-pyrrole nitrogens is 1. The third kappa shape index (κ3) is 1.75. The fraction of sp³-hybridized carbons (Fsp3) is 0.471. The molecule has 1 aromatic heterocycles. The number of hydrogen-bond donors (Lipinski definition) is 1. The van der Waals surface area contributed by atoms with Gasteiger partial charge < -0.3 is 4.98 Å². The molecule has 5 rings (SSSR count). The molecule has 1 aromatic carbocycles. The second-order valence-electron chi connectivity index (χ2n) is 6.59. The van der Waals surface area contributed by atoms with Crippen LogP contribution in [0.3, 0.4) is 0 Å². The van der Waals surface area contributed by atoms with Gasteiger partial charge in [-0.25, -0.2) is 0 Å². The van der Waals surface area contributed by atoms with Crippen LogP contribution >= 0.6 is 23.1 Å². The molecule has 2 bridgehead atoms. The van der Waals surface area contributed by atoms with Crippen molar-refractivity contribution in [3.05, 3.63) is 50.4 Å². The van der Waals surface area contributed by atoms with E-state index in [1.807, 2.05) is 11.8 Å². The maximum absolute atomic E-state index is 11.9. The highest BCUT2D eigenvalue weighted by molar-refractivity contribution is 8.00. The van der Waals surface area contributed by atoms with Crippen LogP contribution in [0, 0.1) is 17.8 Å². The van der Waals surface area contributed by atoms with E-state index in [1.165, 1.54) is 41.0 Å². The lowest BCUT2D eigenvalue weighted by atomic mass is 9.75. The van der Waals surface area contributed by atoms with Gasteiger partial charge in [-0.2, -0.15) is 0 Å². The molecule has 2 aromatic rings. The van der Waals surface area contributed by atoms with Crippen LogP contribution in [0.25, 0.3) is 0 Å². The van der Waals surface area contributed by atoms with Crippen molar-refractivity contribution >= 4 is 23.1 Å². The fourth-order valence-electron chi connectivity index (χ4n) is 4.88. The van der Waals surface area contributed by atoms with Gasteiger partial charge in [0.25, 0.3) is 0 Å². The lowest BCUT2D eigenvalue weighted by molar-refractivity contribution is 0.307. The number of thioether (sulfide) groups is 1. The second-order valence-corrected chi connectivity index (χ2v) is 8.79. The normalized spacial score (nSPS) is 36.5. The van der Waals surface area contributed by atoms with E-state index in [2.05, 4.69) is 35.3 Å². The Morgan fingerprint density at radius 2 is 1.90 bits per heavy atom. The van der Waals surface area contributed by atoms with Crippen molar-refractivity contribution in [1.29, 1.82) is 0 Å². The number of rotatable bonds is 1. The molecular weight excluding hydrogens is 298 g/mol. The van der Waals surface area contributed by atoms with Crippen LogP contribution in [0.1, 0.15) is 35.6 Å². The third-order valence-electron chi connectivity index (χ3n) is 5.62. The van der Waals surface area contributed by atoms with E-state index in [0.717, 1.165) is 22.8 Å². The number of benzene rings is 1. The van der Waals surface area contributed by atoms with Gasteiger partial charge in [0.1, 0.15) is 0 Å². The third-order valence-corrected chi connectivity index (χ3v) is 8.25. The monoisotopic (exact) mass is 315 g/mol. The van der Waals surface area contributed by atoms with Gasteiger partial charge in [-0.15, -0.1) is 11.8 Å². The van der Waals surface area contributed by atoms with Crippen molar-refractivity contribution in [3.63, 3.8) is 0 Å². The Morgan fingerprint density at radius 1 is 1.10 bits per heavy atom. The SMILES string of the molecule is O=c1[nH]c2c(s1)[C@H](c1ccccc1)[C@H]1[C@H]3CC[C@@H](C3)[C@H]1S2. The molecule has 3 aliphatic rings. The molecule has 0 radical (unpaired) electrons. The molecule has 0 spiro atoms. The number of fused-ring (bicyclic) bond motifs is 6. The van der Waals surface area contributed by atoms with Gasteiger partial charge >= 0.3 is 4.87 Å². The summed E-state index contributed by atoms with van der Waals surface area (Å²) in [6.07, 6.45) is 4.19. The first kappa shape index (κ1) is 12.5. The molecule has 0 unspecified atom stereocenters. The van der Waals surface area contributed by atoms with E-state index >= 15 is 0 Å². The molecule has 21 heavy (non-hydrogen) atoms. The van der Waals surface area contributed by atoms with Crippen molar-refractivity contribution in [3.8, 4) is 0 Å². The van der Waals surface area contributed by atoms with Gasteiger partial charge in [0, 0.05) is 16.0 Å². The Hall–Kier alpha value is -1.00. The van der Waals surface area contributed by atoms with Gasteiger partial charge in [-0.05, 0) is 42.6 Å². The van der Waals surface area contributed by atoms with E-state index in [4.69, 9.17) is 0 Å². The summed E-state index contributed by atoms with van der Waals surface area (Å²) in [5.74, 6) is 2.90. The van der Waals surface area contributed by atoms with E-state index in [0.29, 0.717) is 11.2 Å². The Bertz CT molecular complexity index is 735. The molecule has 2 heterocycles. The summed E-state index contributed by atoms with van der Waals surface area (Å²) in [6.45, 7) is 0. The van der Waals surface area contributed by atoms with Crippen LogP contribution in [-0.4, -0.2) is 10.2 Å². The average molecular weight is 315 g/mol. The first-order valence-corrected chi connectivity index (χ1v) is 9.45. The van der Waals surface area contributed by atoms with Gasteiger partial charge in [-0.3, -0.25) is 4.79 Å². The Kier molecular flexibility index (Phi) is 2.68. The highest BCUT2D eigenvalue weighted by Gasteiger charge is 2.54. The molecule has 4 heteroatoms. The van der Waals surface area contributed by atoms with Gasteiger partial charge in [-0.1, -0.05) is 41.7 Å². The topological polar surface area (TPSA) is 32.9 Å². The Balaban J connectivity index is 1.70. The zero-order valence-corrected chi connectivity index (χ0v) is 13.3. The first-order chi connectivity index (χ1) is 10.3. The summed E-state index contributed by atoms with van der Waals surface area (Å²) in [7, 11) is 0. The summed E-state index contributed by atoms with van der Waals surface area (Å²) in [5.41, 5.74) is 1.40. The number of hydrogen-bond acceptors (Lipinski definition) is 3. The summed E-state index contributed by atoms with van der Waals surface area (Å²) in [6, 6.07) is 10.8. The van der Waals surface area contributed by atoms with Crippen molar-refractivity contribution in [2.45, 2.75) is 35.5 Å². The number of nitrogens with one attached hydrogen (secondary N) is 1. The van der Waals surface area contributed by atoms with Gasteiger partial charge in [0.15, 0.2) is 0 Å². The molecule has 2 nitrogen and oxygen atoms in total. The number of aromatic amines is 1. The molecule has 0 amide bonds. The smallest absolute Gasteiger partial charge is 0.305 e. The summed E-state index contributed by atoms with van der Waals surface area (Å²) in [4.78, 5) is 16.4. The minimum atomic E-state index is 0.112. The summed E-state index contributed by atoms with van der Waals surface area (Å²) in [5, 5.41) is 1.87. The van der Waals surface area contributed by atoms with Crippen molar-refractivity contribution in [2.75, 3.05) is 0 Å². The van der Waals surface area contributed by atoms with Crippen LogP contribution in [0.15, 0.2) is 40.2 Å². The summed E-state index contributed by atoms with van der Waals surface area (Å²) < 4.78 is 0. The predicted octanol–water partition coefficient (Wildman–Crippen LogP) is 4.09. The van der Waals surface area contributed by atoms with Crippen LogP contribution < -0.4 is 4.87 Å². The lowest BCUT2D eigenvalue weighted by Crippen LogP contribution is -2.33. The molecule has 2 saturated carbocycles. The quantitative estimate of drug-likeness (QED) is 0.860. The molecule has 5 atom stereocenters. The number of aromatic nitrogens is 1. The molecule has 108 valence electrons.